The second-order valence-corrected chi connectivity index (χ2v) is 7.67. The van der Waals surface area contributed by atoms with E-state index in [2.05, 4.69) is 6.92 Å². The summed E-state index contributed by atoms with van der Waals surface area (Å²) in [4.78, 5) is 35.6. The molecule has 6 heteroatoms. The summed E-state index contributed by atoms with van der Waals surface area (Å²) in [6.45, 7) is 10.4. The molecule has 1 heterocycles. The molecule has 2 aliphatic rings. The molecule has 1 saturated heterocycles. The molecular weight excluding hydrogens is 324 g/mol. The third-order valence-corrected chi connectivity index (χ3v) is 5.87. The molecule has 0 aromatic carbocycles. The molecule has 0 radical (unpaired) electrons. The molecule has 2 rings (SSSR count). The van der Waals surface area contributed by atoms with Crippen molar-refractivity contribution < 1.29 is 28.8 Å². The standard InChI is InChI=1S/C19H32O6/c1-6-22-17(21)14(4)15-10-13(3)16-8-9-18(5,23-7-2)24-25-19(16,11-15)12-20/h12-16H,6-11H2,1-5H3/t13-,14-,15-,16+,18+,19-/m1/s1. The van der Waals surface area contributed by atoms with E-state index in [0.717, 1.165) is 19.1 Å². The Kier molecular flexibility index (Phi) is 6.62. The number of fused-ring (bicyclic) bond motifs is 1. The molecule has 0 aromatic heterocycles. The summed E-state index contributed by atoms with van der Waals surface area (Å²) in [5.74, 6) is -1.01. The van der Waals surface area contributed by atoms with Gasteiger partial charge in [0, 0.05) is 18.9 Å². The lowest BCUT2D eigenvalue weighted by Crippen LogP contribution is -2.51. The minimum atomic E-state index is -1.03. The average Bonchev–Trinajstić information content (AvgIpc) is 2.73. The van der Waals surface area contributed by atoms with Crippen LogP contribution in [0.2, 0.25) is 0 Å². The van der Waals surface area contributed by atoms with Gasteiger partial charge < -0.3 is 9.47 Å². The van der Waals surface area contributed by atoms with Crippen molar-refractivity contribution >= 4 is 12.3 Å². The van der Waals surface area contributed by atoms with Gasteiger partial charge in [0.2, 0.25) is 0 Å². The fraction of sp³-hybridized carbons (Fsp3) is 0.895. The quantitative estimate of drug-likeness (QED) is 0.413. The van der Waals surface area contributed by atoms with Crippen molar-refractivity contribution in [2.75, 3.05) is 13.2 Å². The van der Waals surface area contributed by atoms with Crippen molar-refractivity contribution in [3.05, 3.63) is 0 Å². The largest absolute Gasteiger partial charge is 0.466 e. The Labute approximate surface area is 150 Å². The van der Waals surface area contributed by atoms with Gasteiger partial charge in [0.15, 0.2) is 17.7 Å². The molecule has 144 valence electrons. The molecule has 2 fully saturated rings. The lowest BCUT2D eigenvalue weighted by molar-refractivity contribution is -0.453. The van der Waals surface area contributed by atoms with Crippen LogP contribution in [0.5, 0.6) is 0 Å². The van der Waals surface area contributed by atoms with E-state index in [0.29, 0.717) is 26.1 Å². The molecule has 1 aliphatic heterocycles. The fourth-order valence-electron chi connectivity index (χ4n) is 4.42. The topological polar surface area (TPSA) is 71.1 Å². The van der Waals surface area contributed by atoms with Crippen LogP contribution in [-0.2, 0) is 28.8 Å². The van der Waals surface area contributed by atoms with E-state index in [1.54, 1.807) is 6.92 Å². The minimum Gasteiger partial charge on any atom is -0.466 e. The van der Waals surface area contributed by atoms with Crippen LogP contribution >= 0.6 is 0 Å². The molecule has 0 unspecified atom stereocenters. The number of carbonyl (C=O) groups excluding carboxylic acids is 2. The highest BCUT2D eigenvalue weighted by atomic mass is 17.2. The molecule has 6 nitrogen and oxygen atoms in total. The number of ether oxygens (including phenoxy) is 2. The maximum atomic E-state index is 12.2. The SMILES string of the molecule is CCOC(=O)[C@H](C)[C@@H]1C[C@@H](C)[C@@H]2CC[C@@](C)(OCC)OO[C@@]2(C=O)C1. The summed E-state index contributed by atoms with van der Waals surface area (Å²) in [6.07, 6.45) is 3.67. The van der Waals surface area contributed by atoms with Gasteiger partial charge in [-0.1, -0.05) is 13.8 Å². The molecule has 0 aromatic rings. The zero-order chi connectivity index (χ0) is 18.7. The number of esters is 1. The van der Waals surface area contributed by atoms with Crippen molar-refractivity contribution in [3.8, 4) is 0 Å². The predicted octanol–water partition coefficient (Wildman–Crippen LogP) is 3.28. The number of hydrogen-bond donors (Lipinski definition) is 0. The van der Waals surface area contributed by atoms with Crippen LogP contribution in [0.3, 0.4) is 0 Å². The number of rotatable bonds is 6. The summed E-state index contributed by atoms with van der Waals surface area (Å²) >= 11 is 0. The molecule has 0 N–H and O–H groups in total. The maximum Gasteiger partial charge on any atom is 0.308 e. The van der Waals surface area contributed by atoms with Crippen molar-refractivity contribution in [3.63, 3.8) is 0 Å². The van der Waals surface area contributed by atoms with Crippen LogP contribution in [0.25, 0.3) is 0 Å². The molecule has 25 heavy (non-hydrogen) atoms. The Balaban J connectivity index is 2.21. The highest BCUT2D eigenvalue weighted by molar-refractivity contribution is 5.72. The minimum absolute atomic E-state index is 0.0237. The van der Waals surface area contributed by atoms with Crippen LogP contribution in [0, 0.1) is 23.7 Å². The average molecular weight is 356 g/mol. The van der Waals surface area contributed by atoms with Crippen molar-refractivity contribution in [2.45, 2.75) is 71.7 Å². The lowest BCUT2D eigenvalue weighted by Gasteiger charge is -2.45. The first-order chi connectivity index (χ1) is 11.8. The summed E-state index contributed by atoms with van der Waals surface area (Å²) in [7, 11) is 0. The predicted molar refractivity (Wildman–Crippen MR) is 91.4 cm³/mol. The van der Waals surface area contributed by atoms with Gasteiger partial charge in [-0.25, -0.2) is 9.78 Å². The fourth-order valence-corrected chi connectivity index (χ4v) is 4.42. The maximum absolute atomic E-state index is 12.2. The Morgan fingerprint density at radius 1 is 1.32 bits per heavy atom. The second kappa shape index (κ2) is 8.14. The monoisotopic (exact) mass is 356 g/mol. The van der Waals surface area contributed by atoms with Gasteiger partial charge in [-0.15, -0.1) is 0 Å². The van der Waals surface area contributed by atoms with Gasteiger partial charge in [-0.3, -0.25) is 9.59 Å². The highest BCUT2D eigenvalue weighted by Gasteiger charge is 2.54. The van der Waals surface area contributed by atoms with Gasteiger partial charge in [0.25, 0.3) is 0 Å². The Morgan fingerprint density at radius 2 is 2.04 bits per heavy atom. The third-order valence-electron chi connectivity index (χ3n) is 5.87. The van der Waals surface area contributed by atoms with Gasteiger partial charge >= 0.3 is 5.97 Å². The Morgan fingerprint density at radius 3 is 2.64 bits per heavy atom. The Hall–Kier alpha value is -0.980. The molecule has 6 atom stereocenters. The Bertz CT molecular complexity index is 481. The smallest absolute Gasteiger partial charge is 0.308 e. The van der Waals surface area contributed by atoms with Gasteiger partial charge in [-0.2, -0.15) is 0 Å². The van der Waals surface area contributed by atoms with E-state index in [4.69, 9.17) is 19.2 Å². The van der Waals surface area contributed by atoms with E-state index in [9.17, 15) is 9.59 Å². The van der Waals surface area contributed by atoms with E-state index >= 15 is 0 Å². The number of hydrogen-bond acceptors (Lipinski definition) is 6. The normalized spacial score (nSPS) is 39.8. The molecule has 0 bridgehead atoms. The van der Waals surface area contributed by atoms with Crippen molar-refractivity contribution in [1.82, 2.24) is 0 Å². The summed E-state index contributed by atoms with van der Waals surface area (Å²) < 4.78 is 10.9. The zero-order valence-corrected chi connectivity index (χ0v) is 16.1. The molecule has 0 amide bonds. The lowest BCUT2D eigenvalue weighted by atomic mass is 9.62. The van der Waals surface area contributed by atoms with E-state index in [1.807, 2.05) is 20.8 Å². The first kappa shape index (κ1) is 20.3. The first-order valence-corrected chi connectivity index (χ1v) is 9.44. The summed E-state index contributed by atoms with van der Waals surface area (Å²) in [6, 6.07) is 0. The number of carbonyl (C=O) groups is 2. The number of aldehydes is 1. The van der Waals surface area contributed by atoms with Gasteiger partial charge in [0.1, 0.15) is 0 Å². The molecular formula is C19H32O6. The zero-order valence-electron chi connectivity index (χ0n) is 16.1. The van der Waals surface area contributed by atoms with Crippen LogP contribution < -0.4 is 0 Å². The van der Waals surface area contributed by atoms with Crippen LogP contribution in [0.4, 0.5) is 0 Å². The molecule has 1 saturated carbocycles. The molecule has 1 aliphatic carbocycles. The van der Waals surface area contributed by atoms with Crippen molar-refractivity contribution in [2.24, 2.45) is 23.7 Å². The van der Waals surface area contributed by atoms with Crippen LogP contribution in [0.15, 0.2) is 0 Å². The first-order valence-electron chi connectivity index (χ1n) is 9.44. The highest BCUT2D eigenvalue weighted by Crippen LogP contribution is 2.49. The van der Waals surface area contributed by atoms with E-state index in [1.165, 1.54) is 0 Å². The summed E-state index contributed by atoms with van der Waals surface area (Å²) in [5.41, 5.74) is -1.03. The van der Waals surface area contributed by atoms with E-state index in [-0.39, 0.29) is 29.6 Å². The van der Waals surface area contributed by atoms with Gasteiger partial charge in [-0.05, 0) is 51.9 Å². The molecule has 0 spiro atoms. The van der Waals surface area contributed by atoms with Crippen LogP contribution in [-0.4, -0.2) is 36.9 Å². The van der Waals surface area contributed by atoms with Crippen molar-refractivity contribution in [1.29, 1.82) is 0 Å². The second-order valence-electron chi connectivity index (χ2n) is 7.67. The summed E-state index contributed by atoms with van der Waals surface area (Å²) in [5, 5.41) is 0. The third kappa shape index (κ3) is 4.23. The van der Waals surface area contributed by atoms with Gasteiger partial charge in [0.05, 0.1) is 12.5 Å². The van der Waals surface area contributed by atoms with Crippen LogP contribution in [0.1, 0.15) is 60.3 Å². The van der Waals surface area contributed by atoms with E-state index < -0.39 is 11.4 Å².